The average molecular weight is 190 g/mol. The Hall–Kier alpha value is -1.84. The van der Waals surface area contributed by atoms with Crippen molar-refractivity contribution in [1.29, 1.82) is 0 Å². The summed E-state index contributed by atoms with van der Waals surface area (Å²) >= 11 is 0. The van der Waals surface area contributed by atoms with Crippen LogP contribution in [0, 0.1) is 0 Å². The Labute approximate surface area is 80.8 Å². The number of nitrogens with zero attached hydrogens (tertiary/aromatic N) is 2. The molecule has 4 nitrogen and oxygen atoms in total. The van der Waals surface area contributed by atoms with Crippen LogP contribution in [-0.4, -0.2) is 20.6 Å². The number of aryl methyl sites for hydroxylation is 1. The van der Waals surface area contributed by atoms with Crippen LogP contribution in [0.5, 0.6) is 0 Å². The van der Waals surface area contributed by atoms with E-state index in [1.807, 2.05) is 17.6 Å². The quantitative estimate of drug-likeness (QED) is 0.784. The topological polar surface area (TPSA) is 55.1 Å². The molecule has 0 saturated heterocycles. The number of carboxylic acid groups (broad SMARTS) is 1. The molecule has 2 rings (SSSR count). The normalized spacial score (nSPS) is 10.6. The summed E-state index contributed by atoms with van der Waals surface area (Å²) < 4.78 is 1.92. The first kappa shape index (κ1) is 8.74. The molecule has 0 fully saturated rings. The summed E-state index contributed by atoms with van der Waals surface area (Å²) in [5, 5.41) is 8.92. The van der Waals surface area contributed by atoms with E-state index in [-0.39, 0.29) is 5.56 Å². The lowest BCUT2D eigenvalue weighted by Crippen LogP contribution is -1.97. The number of imidazole rings is 1. The van der Waals surface area contributed by atoms with Crippen molar-refractivity contribution in [2.24, 2.45) is 0 Å². The molecule has 0 atom stereocenters. The maximum Gasteiger partial charge on any atom is 0.337 e. The van der Waals surface area contributed by atoms with Crippen LogP contribution in [0.25, 0.3) is 11.0 Å². The Bertz CT molecular complexity index is 488. The molecule has 0 aliphatic rings. The highest BCUT2D eigenvalue weighted by molar-refractivity contribution is 6.00. The second kappa shape index (κ2) is 3.14. The third-order valence-electron chi connectivity index (χ3n) is 2.22. The van der Waals surface area contributed by atoms with Gasteiger partial charge in [-0.05, 0) is 19.1 Å². The van der Waals surface area contributed by atoms with Crippen LogP contribution >= 0.6 is 0 Å². The lowest BCUT2D eigenvalue weighted by Gasteiger charge is -1.99. The molecule has 1 aromatic carbocycles. The van der Waals surface area contributed by atoms with Gasteiger partial charge in [0.2, 0.25) is 0 Å². The molecular formula is C10H10N2O2. The van der Waals surface area contributed by atoms with Crippen LogP contribution in [0.15, 0.2) is 24.5 Å². The van der Waals surface area contributed by atoms with Gasteiger partial charge < -0.3 is 9.67 Å². The first-order chi connectivity index (χ1) is 6.74. The zero-order valence-corrected chi connectivity index (χ0v) is 7.77. The van der Waals surface area contributed by atoms with Gasteiger partial charge in [0.05, 0.1) is 17.4 Å². The number of para-hydroxylation sites is 1. The minimum Gasteiger partial charge on any atom is -0.478 e. The highest BCUT2D eigenvalue weighted by Crippen LogP contribution is 2.17. The molecule has 0 aliphatic heterocycles. The second-order valence-corrected chi connectivity index (χ2v) is 3.01. The molecule has 0 bridgehead atoms. The van der Waals surface area contributed by atoms with Crippen LogP contribution in [-0.2, 0) is 6.54 Å². The van der Waals surface area contributed by atoms with Crippen molar-refractivity contribution in [1.82, 2.24) is 9.55 Å². The van der Waals surface area contributed by atoms with E-state index >= 15 is 0 Å². The molecule has 0 saturated carbocycles. The fourth-order valence-corrected chi connectivity index (χ4v) is 1.51. The van der Waals surface area contributed by atoms with Gasteiger partial charge in [0.15, 0.2) is 0 Å². The lowest BCUT2D eigenvalue weighted by molar-refractivity contribution is 0.0699. The van der Waals surface area contributed by atoms with Gasteiger partial charge in [0, 0.05) is 6.54 Å². The Morgan fingerprint density at radius 2 is 2.36 bits per heavy atom. The van der Waals surface area contributed by atoms with E-state index in [1.54, 1.807) is 18.5 Å². The van der Waals surface area contributed by atoms with Crippen molar-refractivity contribution in [3.05, 3.63) is 30.1 Å². The molecule has 2 aromatic rings. The van der Waals surface area contributed by atoms with Gasteiger partial charge in [-0.1, -0.05) is 6.07 Å². The number of fused-ring (bicyclic) bond motifs is 1. The molecule has 14 heavy (non-hydrogen) atoms. The summed E-state index contributed by atoms with van der Waals surface area (Å²) in [6.07, 6.45) is 1.66. The third-order valence-corrected chi connectivity index (χ3v) is 2.22. The van der Waals surface area contributed by atoms with Crippen LogP contribution in [0.3, 0.4) is 0 Å². The standard InChI is InChI=1S/C10H10N2O2/c1-2-12-6-11-9-7(10(13)14)4-3-5-8(9)12/h3-6H,2H2,1H3,(H,13,14). The van der Waals surface area contributed by atoms with Gasteiger partial charge in [0.25, 0.3) is 0 Å². The van der Waals surface area contributed by atoms with E-state index in [0.717, 1.165) is 12.1 Å². The Morgan fingerprint density at radius 3 is 3.00 bits per heavy atom. The van der Waals surface area contributed by atoms with Crippen molar-refractivity contribution in [3.8, 4) is 0 Å². The summed E-state index contributed by atoms with van der Waals surface area (Å²) in [6, 6.07) is 5.18. The van der Waals surface area contributed by atoms with Crippen molar-refractivity contribution >= 4 is 17.0 Å². The predicted octanol–water partition coefficient (Wildman–Crippen LogP) is 1.75. The Morgan fingerprint density at radius 1 is 1.57 bits per heavy atom. The van der Waals surface area contributed by atoms with E-state index in [2.05, 4.69) is 4.98 Å². The van der Waals surface area contributed by atoms with E-state index in [4.69, 9.17) is 5.11 Å². The first-order valence-electron chi connectivity index (χ1n) is 4.41. The number of hydrogen-bond donors (Lipinski definition) is 1. The fourth-order valence-electron chi connectivity index (χ4n) is 1.51. The average Bonchev–Trinajstić information content (AvgIpc) is 2.59. The maximum atomic E-state index is 10.9. The summed E-state index contributed by atoms with van der Waals surface area (Å²) in [6.45, 7) is 2.79. The molecule has 0 unspecified atom stereocenters. The van der Waals surface area contributed by atoms with Gasteiger partial charge in [-0.3, -0.25) is 0 Å². The van der Waals surface area contributed by atoms with E-state index in [9.17, 15) is 4.79 Å². The van der Waals surface area contributed by atoms with Gasteiger partial charge in [0.1, 0.15) is 5.52 Å². The van der Waals surface area contributed by atoms with Crippen LogP contribution in [0.2, 0.25) is 0 Å². The summed E-state index contributed by atoms with van der Waals surface area (Å²) in [5.41, 5.74) is 1.68. The van der Waals surface area contributed by atoms with Gasteiger partial charge >= 0.3 is 5.97 Å². The monoisotopic (exact) mass is 190 g/mol. The molecule has 0 aliphatic carbocycles. The highest BCUT2D eigenvalue weighted by Gasteiger charge is 2.11. The van der Waals surface area contributed by atoms with Gasteiger partial charge in [-0.15, -0.1) is 0 Å². The fraction of sp³-hybridized carbons (Fsp3) is 0.200. The summed E-state index contributed by atoms with van der Waals surface area (Å²) in [7, 11) is 0. The summed E-state index contributed by atoms with van der Waals surface area (Å²) in [4.78, 5) is 15.0. The number of carboxylic acids is 1. The predicted molar refractivity (Wildman–Crippen MR) is 52.4 cm³/mol. The van der Waals surface area contributed by atoms with Crippen molar-refractivity contribution in [2.45, 2.75) is 13.5 Å². The largest absolute Gasteiger partial charge is 0.478 e. The molecule has 1 heterocycles. The minimum absolute atomic E-state index is 0.259. The van der Waals surface area contributed by atoms with Crippen LogP contribution < -0.4 is 0 Å². The van der Waals surface area contributed by atoms with Crippen LogP contribution in [0.1, 0.15) is 17.3 Å². The van der Waals surface area contributed by atoms with Crippen molar-refractivity contribution < 1.29 is 9.90 Å². The maximum absolute atomic E-state index is 10.9. The molecule has 72 valence electrons. The first-order valence-corrected chi connectivity index (χ1v) is 4.41. The zero-order valence-electron chi connectivity index (χ0n) is 7.77. The van der Waals surface area contributed by atoms with E-state index in [0.29, 0.717) is 5.52 Å². The molecule has 1 aromatic heterocycles. The number of hydrogen-bond acceptors (Lipinski definition) is 2. The second-order valence-electron chi connectivity index (χ2n) is 3.01. The molecular weight excluding hydrogens is 180 g/mol. The SMILES string of the molecule is CCn1cnc2c(C(=O)O)cccc21. The molecule has 1 N–H and O–H groups in total. The number of aromatic nitrogens is 2. The van der Waals surface area contributed by atoms with Gasteiger partial charge in [-0.25, -0.2) is 9.78 Å². The lowest BCUT2D eigenvalue weighted by atomic mass is 10.2. The Kier molecular flexibility index (Phi) is 1.96. The van der Waals surface area contributed by atoms with E-state index in [1.165, 1.54) is 0 Å². The number of benzene rings is 1. The van der Waals surface area contributed by atoms with Crippen LogP contribution in [0.4, 0.5) is 0 Å². The molecule has 0 spiro atoms. The van der Waals surface area contributed by atoms with E-state index < -0.39 is 5.97 Å². The molecule has 0 radical (unpaired) electrons. The van der Waals surface area contributed by atoms with Crippen molar-refractivity contribution in [2.75, 3.05) is 0 Å². The summed E-state index contributed by atoms with van der Waals surface area (Å²) in [5.74, 6) is -0.933. The molecule has 0 amide bonds. The number of rotatable bonds is 2. The highest BCUT2D eigenvalue weighted by atomic mass is 16.4. The van der Waals surface area contributed by atoms with Crippen molar-refractivity contribution in [3.63, 3.8) is 0 Å². The Balaban J connectivity index is 2.76. The minimum atomic E-state index is -0.933. The third kappa shape index (κ3) is 1.16. The molecule has 4 heteroatoms. The smallest absolute Gasteiger partial charge is 0.337 e. The van der Waals surface area contributed by atoms with Gasteiger partial charge in [-0.2, -0.15) is 0 Å². The number of aromatic carboxylic acids is 1. The zero-order chi connectivity index (χ0) is 10.1. The number of carbonyl (C=O) groups is 1.